The monoisotopic (exact) mass is 170 g/mol. The maximum absolute atomic E-state index is 12.8. The largest absolute Gasteiger partial charge is 0.357 e. The van der Waals surface area contributed by atoms with Crippen molar-refractivity contribution in [2.45, 2.75) is 0 Å². The summed E-state index contributed by atoms with van der Waals surface area (Å²) >= 11 is 5.71. The summed E-state index contributed by atoms with van der Waals surface area (Å²) in [4.78, 5) is 6.46. The molecule has 0 saturated heterocycles. The Kier molecular flexibility index (Phi) is 1.32. The number of hydrogen-bond donors (Lipinski definition) is 1. The summed E-state index contributed by atoms with van der Waals surface area (Å²) in [7, 11) is 0. The van der Waals surface area contributed by atoms with Crippen molar-refractivity contribution in [2.75, 3.05) is 0 Å². The molecule has 0 spiro atoms. The van der Waals surface area contributed by atoms with Crippen LogP contribution >= 0.6 is 11.6 Å². The highest BCUT2D eigenvalue weighted by Gasteiger charge is 2.04. The van der Waals surface area contributed by atoms with E-state index >= 15 is 0 Å². The van der Waals surface area contributed by atoms with E-state index in [2.05, 4.69) is 9.97 Å². The number of halogens is 2. The molecule has 2 aromatic rings. The maximum Gasteiger partial charge on any atom is 0.150 e. The maximum atomic E-state index is 12.8. The smallest absolute Gasteiger partial charge is 0.150 e. The first kappa shape index (κ1) is 6.61. The van der Waals surface area contributed by atoms with Gasteiger partial charge in [-0.3, -0.25) is 4.98 Å². The van der Waals surface area contributed by atoms with Crippen LogP contribution in [0.3, 0.4) is 0 Å². The molecular formula is C7H4ClFN2. The molecule has 2 heterocycles. The van der Waals surface area contributed by atoms with Crippen molar-refractivity contribution in [3.05, 3.63) is 29.4 Å². The molecule has 0 aromatic carbocycles. The average molecular weight is 171 g/mol. The van der Waals surface area contributed by atoms with Gasteiger partial charge in [-0.25, -0.2) is 4.39 Å². The minimum absolute atomic E-state index is 0.324. The van der Waals surface area contributed by atoms with Gasteiger partial charge in [0, 0.05) is 18.6 Å². The Bertz CT molecular complexity index is 396. The molecule has 2 nitrogen and oxygen atoms in total. The lowest BCUT2D eigenvalue weighted by atomic mass is 10.3. The number of aromatic nitrogens is 2. The van der Waals surface area contributed by atoms with Gasteiger partial charge in [0.2, 0.25) is 0 Å². The number of nitrogens with zero attached hydrogens (tertiary/aromatic N) is 1. The van der Waals surface area contributed by atoms with E-state index in [1.807, 2.05) is 0 Å². The van der Waals surface area contributed by atoms with Crippen molar-refractivity contribution >= 4 is 22.5 Å². The molecule has 1 N–H and O–H groups in total. The van der Waals surface area contributed by atoms with Gasteiger partial charge in [0.15, 0.2) is 0 Å². The van der Waals surface area contributed by atoms with Gasteiger partial charge in [0.25, 0.3) is 0 Å². The second kappa shape index (κ2) is 2.20. The fraction of sp³-hybridized carbons (Fsp3) is 0. The van der Waals surface area contributed by atoms with E-state index in [1.165, 1.54) is 18.6 Å². The summed E-state index contributed by atoms with van der Waals surface area (Å²) in [6.45, 7) is 0. The Hall–Kier alpha value is -1.09. The van der Waals surface area contributed by atoms with Crippen LogP contribution in [0.4, 0.5) is 4.39 Å². The standard InChI is InChI=1S/C7H4ClFN2/c8-5-2-10-1-4-6(9)3-11-7(4)5/h1-3,11H. The van der Waals surface area contributed by atoms with Crippen molar-refractivity contribution in [3.63, 3.8) is 0 Å². The number of H-pyrrole nitrogens is 1. The van der Waals surface area contributed by atoms with Gasteiger partial charge >= 0.3 is 0 Å². The zero-order valence-electron chi connectivity index (χ0n) is 5.44. The summed E-state index contributed by atoms with van der Waals surface area (Å²) in [6.07, 6.45) is 4.17. The minimum Gasteiger partial charge on any atom is -0.357 e. The van der Waals surface area contributed by atoms with E-state index < -0.39 is 0 Å². The number of nitrogens with one attached hydrogen (secondary N) is 1. The van der Waals surface area contributed by atoms with Gasteiger partial charge in [-0.15, -0.1) is 0 Å². The van der Waals surface area contributed by atoms with Crippen molar-refractivity contribution in [1.29, 1.82) is 0 Å². The Morgan fingerprint density at radius 3 is 3.00 bits per heavy atom. The summed E-state index contributed by atoms with van der Waals surface area (Å²) < 4.78 is 12.8. The van der Waals surface area contributed by atoms with Crippen LogP contribution in [-0.4, -0.2) is 9.97 Å². The lowest BCUT2D eigenvalue weighted by molar-refractivity contribution is 0.639. The van der Waals surface area contributed by atoms with Crippen LogP contribution in [0.2, 0.25) is 5.02 Å². The number of aromatic amines is 1. The SMILES string of the molecule is Fc1c[nH]c2c(Cl)cncc12. The molecule has 2 aromatic heterocycles. The predicted octanol–water partition coefficient (Wildman–Crippen LogP) is 2.36. The van der Waals surface area contributed by atoms with Crippen LogP contribution in [0, 0.1) is 5.82 Å². The first-order valence-corrected chi connectivity index (χ1v) is 3.43. The number of hydrogen-bond acceptors (Lipinski definition) is 1. The summed E-state index contributed by atoms with van der Waals surface area (Å²) in [6, 6.07) is 0. The number of rotatable bonds is 0. The first-order valence-electron chi connectivity index (χ1n) is 3.05. The molecule has 0 aliphatic heterocycles. The van der Waals surface area contributed by atoms with Crippen molar-refractivity contribution in [3.8, 4) is 0 Å². The quantitative estimate of drug-likeness (QED) is 0.646. The molecule has 4 heteroatoms. The minimum atomic E-state index is -0.324. The molecule has 56 valence electrons. The third kappa shape index (κ3) is 0.886. The molecule has 0 atom stereocenters. The van der Waals surface area contributed by atoms with Gasteiger partial charge in [0.1, 0.15) is 5.82 Å². The molecule has 0 bridgehead atoms. The Morgan fingerprint density at radius 1 is 1.45 bits per heavy atom. The third-order valence-corrected chi connectivity index (χ3v) is 1.79. The van der Waals surface area contributed by atoms with E-state index in [1.54, 1.807) is 0 Å². The molecule has 0 radical (unpaired) electrons. The normalized spacial score (nSPS) is 10.7. The predicted molar refractivity (Wildman–Crippen MR) is 41.1 cm³/mol. The van der Waals surface area contributed by atoms with Crippen LogP contribution in [0.5, 0.6) is 0 Å². The van der Waals surface area contributed by atoms with Gasteiger partial charge in [0.05, 0.1) is 15.9 Å². The zero-order chi connectivity index (χ0) is 7.84. The van der Waals surface area contributed by atoms with Crippen LogP contribution in [-0.2, 0) is 0 Å². The summed E-state index contributed by atoms with van der Waals surface area (Å²) in [5, 5.41) is 0.865. The molecule has 0 amide bonds. The van der Waals surface area contributed by atoms with Crippen molar-refractivity contribution in [1.82, 2.24) is 9.97 Å². The van der Waals surface area contributed by atoms with Crippen LogP contribution in [0.15, 0.2) is 18.6 Å². The van der Waals surface area contributed by atoms with Crippen molar-refractivity contribution in [2.24, 2.45) is 0 Å². The fourth-order valence-electron chi connectivity index (χ4n) is 0.976. The lowest BCUT2D eigenvalue weighted by Gasteiger charge is -1.90. The van der Waals surface area contributed by atoms with Crippen LogP contribution < -0.4 is 0 Å². The summed E-state index contributed by atoms with van der Waals surface area (Å²) in [5.74, 6) is -0.324. The second-order valence-electron chi connectivity index (χ2n) is 2.18. The molecule has 0 aliphatic rings. The Morgan fingerprint density at radius 2 is 2.27 bits per heavy atom. The van der Waals surface area contributed by atoms with Crippen LogP contribution in [0.25, 0.3) is 10.9 Å². The van der Waals surface area contributed by atoms with Gasteiger partial charge < -0.3 is 4.98 Å². The second-order valence-corrected chi connectivity index (χ2v) is 2.59. The van der Waals surface area contributed by atoms with E-state index in [4.69, 9.17) is 11.6 Å². The fourth-order valence-corrected chi connectivity index (χ4v) is 1.19. The molecule has 0 saturated carbocycles. The Labute approximate surface area is 67.0 Å². The topological polar surface area (TPSA) is 28.7 Å². The molecule has 0 aliphatic carbocycles. The Balaban J connectivity index is 2.94. The third-order valence-electron chi connectivity index (χ3n) is 1.50. The number of fused-ring (bicyclic) bond motifs is 1. The summed E-state index contributed by atoms with van der Waals surface area (Å²) in [5.41, 5.74) is 0.596. The number of pyridine rings is 1. The van der Waals surface area contributed by atoms with E-state index in [9.17, 15) is 4.39 Å². The highest BCUT2D eigenvalue weighted by molar-refractivity contribution is 6.34. The zero-order valence-corrected chi connectivity index (χ0v) is 6.19. The van der Waals surface area contributed by atoms with E-state index in [-0.39, 0.29) is 5.82 Å². The lowest BCUT2D eigenvalue weighted by Crippen LogP contribution is -1.74. The molecular weight excluding hydrogens is 167 g/mol. The average Bonchev–Trinajstić information content (AvgIpc) is 2.35. The van der Waals surface area contributed by atoms with E-state index in [0.29, 0.717) is 15.9 Å². The molecule has 2 rings (SSSR count). The van der Waals surface area contributed by atoms with Gasteiger partial charge in [-0.1, -0.05) is 11.6 Å². The molecule has 0 unspecified atom stereocenters. The van der Waals surface area contributed by atoms with Gasteiger partial charge in [-0.05, 0) is 0 Å². The molecule has 11 heavy (non-hydrogen) atoms. The highest BCUT2D eigenvalue weighted by atomic mass is 35.5. The van der Waals surface area contributed by atoms with Gasteiger partial charge in [-0.2, -0.15) is 0 Å². The van der Waals surface area contributed by atoms with Crippen LogP contribution in [0.1, 0.15) is 0 Å². The highest BCUT2D eigenvalue weighted by Crippen LogP contribution is 2.22. The van der Waals surface area contributed by atoms with E-state index in [0.717, 1.165) is 0 Å². The van der Waals surface area contributed by atoms with Crippen molar-refractivity contribution < 1.29 is 4.39 Å². The first-order chi connectivity index (χ1) is 5.29. The molecule has 0 fully saturated rings.